The van der Waals surface area contributed by atoms with Crippen LogP contribution in [0.1, 0.15) is 106 Å². The first kappa shape index (κ1) is 23.6. The van der Waals surface area contributed by atoms with Crippen molar-refractivity contribution in [1.82, 2.24) is 0 Å². The zero-order chi connectivity index (χ0) is 24.2. The third-order valence-electron chi connectivity index (χ3n) is 12.5. The first-order valence-corrected chi connectivity index (χ1v) is 13.3. The Morgan fingerprint density at radius 1 is 0.939 bits per heavy atom. The Morgan fingerprint density at radius 2 is 1.61 bits per heavy atom. The average molecular weight is 457 g/mol. The lowest BCUT2D eigenvalue weighted by Gasteiger charge is -2.70. The third kappa shape index (κ3) is 2.79. The van der Waals surface area contributed by atoms with Gasteiger partial charge in [-0.3, -0.25) is 9.59 Å². The molecule has 5 rings (SSSR count). The molecule has 0 amide bonds. The molecule has 4 saturated carbocycles. The van der Waals surface area contributed by atoms with Crippen LogP contribution in [-0.4, -0.2) is 27.6 Å². The number of aliphatic carboxylic acids is 1. The highest BCUT2D eigenvalue weighted by atomic mass is 16.4. The van der Waals surface area contributed by atoms with Crippen LogP contribution in [0.2, 0.25) is 0 Å². The summed E-state index contributed by atoms with van der Waals surface area (Å²) in [5.74, 6) is -0.0306. The van der Waals surface area contributed by atoms with E-state index < -0.39 is 17.0 Å². The van der Waals surface area contributed by atoms with E-state index in [2.05, 4.69) is 40.7 Å². The molecule has 0 spiro atoms. The molecular weight excluding hydrogens is 412 g/mol. The highest BCUT2D eigenvalue weighted by Gasteiger charge is 2.69. The van der Waals surface area contributed by atoms with Crippen LogP contribution in [0, 0.1) is 44.8 Å². The number of carbonyl (C=O) groups is 2. The van der Waals surface area contributed by atoms with Crippen LogP contribution in [0.25, 0.3) is 0 Å². The van der Waals surface area contributed by atoms with Gasteiger partial charge in [0.1, 0.15) is 5.60 Å². The quantitative estimate of drug-likeness (QED) is 0.463. The van der Waals surface area contributed by atoms with Crippen molar-refractivity contribution in [3.8, 4) is 0 Å². The largest absolute Gasteiger partial charge is 0.481 e. The summed E-state index contributed by atoms with van der Waals surface area (Å²) in [7, 11) is 0. The van der Waals surface area contributed by atoms with Gasteiger partial charge in [-0.2, -0.15) is 0 Å². The van der Waals surface area contributed by atoms with E-state index in [0.717, 1.165) is 57.8 Å². The van der Waals surface area contributed by atoms with Crippen molar-refractivity contribution in [3.05, 3.63) is 11.6 Å². The number of Topliss-reactive ketones (excluding diaryl/α,β-unsaturated/α-hetero) is 1. The lowest BCUT2D eigenvalue weighted by atomic mass is 9.34. The predicted molar refractivity (Wildman–Crippen MR) is 129 cm³/mol. The maximum absolute atomic E-state index is 12.7. The summed E-state index contributed by atoms with van der Waals surface area (Å²) in [6, 6.07) is 0. The van der Waals surface area contributed by atoms with E-state index in [-0.39, 0.29) is 39.3 Å². The average Bonchev–Trinajstić information content (AvgIpc) is 2.71. The molecule has 0 aliphatic heterocycles. The molecule has 2 N–H and O–H groups in total. The van der Waals surface area contributed by atoms with E-state index in [1.807, 2.05) is 0 Å². The monoisotopic (exact) mass is 456 g/mol. The first-order chi connectivity index (χ1) is 15.1. The first-order valence-electron chi connectivity index (χ1n) is 13.3. The van der Waals surface area contributed by atoms with E-state index in [4.69, 9.17) is 0 Å². The summed E-state index contributed by atoms with van der Waals surface area (Å²) in [6.07, 6.45) is 11.1. The topological polar surface area (TPSA) is 74.6 Å². The number of carboxylic acids is 1. The van der Waals surface area contributed by atoms with Gasteiger partial charge in [0.25, 0.3) is 0 Å². The number of hydrogen-bond acceptors (Lipinski definition) is 3. The maximum Gasteiger partial charge on any atom is 0.310 e. The molecule has 4 fully saturated rings. The van der Waals surface area contributed by atoms with Crippen molar-refractivity contribution < 1.29 is 19.8 Å². The lowest BCUT2D eigenvalue weighted by molar-refractivity contribution is -0.204. The molecule has 0 saturated heterocycles. The molecule has 33 heavy (non-hydrogen) atoms. The van der Waals surface area contributed by atoms with Crippen molar-refractivity contribution in [2.24, 2.45) is 44.8 Å². The summed E-state index contributed by atoms with van der Waals surface area (Å²) >= 11 is 0. The summed E-state index contributed by atoms with van der Waals surface area (Å²) in [5.41, 5.74) is -0.249. The number of carbonyl (C=O) groups excluding carboxylic acids is 1. The molecule has 184 valence electrons. The zero-order valence-electron chi connectivity index (χ0n) is 21.6. The highest BCUT2D eigenvalue weighted by molar-refractivity contribution is 5.88. The van der Waals surface area contributed by atoms with Crippen LogP contribution in [0.3, 0.4) is 0 Å². The fraction of sp³-hybridized carbons (Fsp3) is 0.862. The molecule has 0 aromatic carbocycles. The van der Waals surface area contributed by atoms with E-state index in [1.54, 1.807) is 6.92 Å². The molecule has 0 bridgehead atoms. The number of aliphatic hydroxyl groups is 1. The van der Waals surface area contributed by atoms with Crippen molar-refractivity contribution in [1.29, 1.82) is 0 Å². The Kier molecular flexibility index (Phi) is 4.81. The second kappa shape index (κ2) is 6.74. The fourth-order valence-corrected chi connectivity index (χ4v) is 10.1. The van der Waals surface area contributed by atoms with Gasteiger partial charge in [-0.25, -0.2) is 0 Å². The smallest absolute Gasteiger partial charge is 0.310 e. The van der Waals surface area contributed by atoms with E-state index in [0.29, 0.717) is 12.3 Å². The van der Waals surface area contributed by atoms with Crippen molar-refractivity contribution >= 4 is 11.8 Å². The molecule has 5 aliphatic carbocycles. The number of ketones is 1. The second-order valence-corrected chi connectivity index (χ2v) is 14.2. The van der Waals surface area contributed by atoms with Gasteiger partial charge in [0.2, 0.25) is 0 Å². The van der Waals surface area contributed by atoms with Crippen molar-refractivity contribution in [3.63, 3.8) is 0 Å². The molecule has 0 heterocycles. The van der Waals surface area contributed by atoms with Crippen LogP contribution in [0.5, 0.6) is 0 Å². The van der Waals surface area contributed by atoms with Gasteiger partial charge in [0, 0.05) is 12.3 Å². The Labute approximate surface area is 199 Å². The Balaban J connectivity index is 1.60. The van der Waals surface area contributed by atoms with Crippen LogP contribution in [-0.2, 0) is 9.59 Å². The molecule has 4 nitrogen and oxygen atoms in total. The third-order valence-corrected chi connectivity index (χ3v) is 12.5. The van der Waals surface area contributed by atoms with Gasteiger partial charge in [-0.1, -0.05) is 46.3 Å². The van der Waals surface area contributed by atoms with E-state index in [1.165, 1.54) is 5.57 Å². The molecule has 5 aliphatic rings. The predicted octanol–water partition coefficient (Wildman–Crippen LogP) is 6.17. The van der Waals surface area contributed by atoms with Crippen LogP contribution in [0.4, 0.5) is 0 Å². The Hall–Kier alpha value is -1.16. The van der Waals surface area contributed by atoms with Crippen LogP contribution >= 0.6 is 0 Å². The van der Waals surface area contributed by atoms with Gasteiger partial charge in [-0.05, 0) is 98.2 Å². The highest BCUT2D eigenvalue weighted by Crippen LogP contribution is 2.74. The van der Waals surface area contributed by atoms with E-state index in [9.17, 15) is 19.8 Å². The lowest BCUT2D eigenvalue weighted by Crippen LogP contribution is -2.66. The van der Waals surface area contributed by atoms with Gasteiger partial charge in [-0.15, -0.1) is 0 Å². The van der Waals surface area contributed by atoms with Crippen LogP contribution < -0.4 is 0 Å². The molecule has 0 aromatic rings. The number of fused-ring (bicyclic) bond motifs is 7. The summed E-state index contributed by atoms with van der Waals surface area (Å²) in [6.45, 7) is 13.6. The van der Waals surface area contributed by atoms with Gasteiger partial charge in [0.05, 0.1) is 5.41 Å². The van der Waals surface area contributed by atoms with E-state index >= 15 is 0 Å². The normalized spacial score (nSPS) is 53.1. The van der Waals surface area contributed by atoms with Gasteiger partial charge in [0.15, 0.2) is 5.78 Å². The Bertz CT molecular complexity index is 930. The fourth-order valence-electron chi connectivity index (χ4n) is 10.1. The summed E-state index contributed by atoms with van der Waals surface area (Å²) < 4.78 is 0. The maximum atomic E-state index is 12.7. The molecule has 0 aromatic heterocycles. The number of allylic oxidation sites excluding steroid dienone is 2. The van der Waals surface area contributed by atoms with Gasteiger partial charge >= 0.3 is 5.97 Å². The number of carboxylic acid groups (broad SMARTS) is 1. The number of rotatable bonds is 1. The van der Waals surface area contributed by atoms with Crippen molar-refractivity contribution in [2.45, 2.75) is 111 Å². The minimum Gasteiger partial charge on any atom is -0.481 e. The van der Waals surface area contributed by atoms with Crippen molar-refractivity contribution in [2.75, 3.05) is 0 Å². The standard InChI is InChI=1S/C29H44O4/c1-24(2)13-15-29(23(31)32)16-14-26(4)18(19(29)17-24)7-8-20-25(3)11-10-22(30)28(6,33)21(25)9-12-27(20,26)5/h7,19-21,33H,8-17H2,1-6H3,(H,31,32)/t19?,20?,21?,25-,26-,27-,28?,29+/m1/s1. The minimum absolute atomic E-state index is 0.0122. The summed E-state index contributed by atoms with van der Waals surface area (Å²) in [4.78, 5) is 25.4. The summed E-state index contributed by atoms with van der Waals surface area (Å²) in [5, 5.41) is 21.7. The molecular formula is C29H44O4. The SMILES string of the molecule is CC1(C)CC[C@]2(C(=O)O)CC[C@]3(C)C(=CCC4[C@@]5(C)CCC(=O)C(C)(O)C5CC[C@]43C)C2C1. The molecule has 0 radical (unpaired) electrons. The Morgan fingerprint density at radius 3 is 2.27 bits per heavy atom. The minimum atomic E-state index is -1.22. The molecule has 4 heteroatoms. The second-order valence-electron chi connectivity index (χ2n) is 14.2. The van der Waals surface area contributed by atoms with Gasteiger partial charge < -0.3 is 10.2 Å². The number of hydrogen-bond donors (Lipinski definition) is 2. The molecule has 4 unspecified atom stereocenters. The zero-order valence-corrected chi connectivity index (χ0v) is 21.6. The molecule has 8 atom stereocenters. The van der Waals surface area contributed by atoms with Crippen LogP contribution in [0.15, 0.2) is 11.6 Å².